The summed E-state index contributed by atoms with van der Waals surface area (Å²) < 4.78 is 0. The monoisotopic (exact) mass is 253 g/mol. The van der Waals surface area contributed by atoms with Crippen LogP contribution in [0.15, 0.2) is 0 Å². The predicted molar refractivity (Wildman–Crippen MR) is 73.5 cm³/mol. The Kier molecular flexibility index (Phi) is 5.01. The number of piperazine rings is 1. The molecule has 2 aliphatic rings. The number of hydrogen-bond acceptors (Lipinski definition) is 3. The molecule has 4 heteroatoms. The van der Waals surface area contributed by atoms with Crippen LogP contribution in [-0.2, 0) is 4.79 Å². The van der Waals surface area contributed by atoms with Crippen molar-refractivity contribution in [2.75, 3.05) is 32.7 Å². The highest BCUT2D eigenvalue weighted by Crippen LogP contribution is 2.22. The van der Waals surface area contributed by atoms with Crippen LogP contribution < -0.4 is 5.32 Å². The Morgan fingerprint density at radius 3 is 2.67 bits per heavy atom. The zero-order chi connectivity index (χ0) is 13.0. The quantitative estimate of drug-likeness (QED) is 0.817. The molecule has 0 aromatic carbocycles. The summed E-state index contributed by atoms with van der Waals surface area (Å²) in [4.78, 5) is 17.0. The van der Waals surface area contributed by atoms with Gasteiger partial charge in [-0.25, -0.2) is 0 Å². The molecule has 2 rings (SSSR count). The molecule has 2 fully saturated rings. The van der Waals surface area contributed by atoms with Crippen LogP contribution in [0.3, 0.4) is 0 Å². The lowest BCUT2D eigenvalue weighted by Gasteiger charge is -2.41. The number of carbonyl (C=O) groups excluding carboxylic acids is 1. The molecule has 104 valence electrons. The molecule has 2 heterocycles. The Balaban J connectivity index is 1.95. The zero-order valence-electron chi connectivity index (χ0n) is 11.8. The molecule has 1 amide bonds. The van der Waals surface area contributed by atoms with E-state index in [1.54, 1.807) is 0 Å². The Morgan fingerprint density at radius 2 is 2.00 bits per heavy atom. The van der Waals surface area contributed by atoms with Gasteiger partial charge in [0.15, 0.2) is 0 Å². The minimum absolute atomic E-state index is 0.0633. The van der Waals surface area contributed by atoms with Gasteiger partial charge in [-0.2, -0.15) is 0 Å². The fourth-order valence-electron chi connectivity index (χ4n) is 3.26. The number of amides is 1. The lowest BCUT2D eigenvalue weighted by molar-refractivity contribution is -0.138. The Bertz CT molecular complexity index is 276. The molecule has 2 atom stereocenters. The highest BCUT2D eigenvalue weighted by molar-refractivity contribution is 5.81. The van der Waals surface area contributed by atoms with Crippen molar-refractivity contribution in [3.8, 4) is 0 Å². The second-order valence-electron chi connectivity index (χ2n) is 5.55. The largest absolute Gasteiger partial charge is 0.339 e. The Hall–Kier alpha value is -0.610. The zero-order valence-corrected chi connectivity index (χ0v) is 11.8. The first-order valence-corrected chi connectivity index (χ1v) is 7.49. The highest BCUT2D eigenvalue weighted by atomic mass is 16.2. The molecule has 1 N–H and O–H groups in total. The van der Waals surface area contributed by atoms with Gasteiger partial charge in [0, 0.05) is 32.2 Å². The molecule has 2 unspecified atom stereocenters. The van der Waals surface area contributed by atoms with Crippen molar-refractivity contribution in [2.45, 2.75) is 51.6 Å². The van der Waals surface area contributed by atoms with Crippen molar-refractivity contribution in [3.05, 3.63) is 0 Å². The second-order valence-corrected chi connectivity index (χ2v) is 5.55. The summed E-state index contributed by atoms with van der Waals surface area (Å²) in [5.74, 6) is 0.330. The van der Waals surface area contributed by atoms with Crippen LogP contribution in [0.25, 0.3) is 0 Å². The average molecular weight is 253 g/mol. The number of rotatable bonds is 3. The average Bonchev–Trinajstić information content (AvgIpc) is 2.46. The van der Waals surface area contributed by atoms with Crippen molar-refractivity contribution in [1.29, 1.82) is 0 Å². The van der Waals surface area contributed by atoms with E-state index in [4.69, 9.17) is 0 Å². The van der Waals surface area contributed by atoms with E-state index in [9.17, 15) is 4.79 Å². The van der Waals surface area contributed by atoms with Crippen molar-refractivity contribution in [3.63, 3.8) is 0 Å². The Morgan fingerprint density at radius 1 is 1.28 bits per heavy atom. The van der Waals surface area contributed by atoms with Crippen LogP contribution in [-0.4, -0.2) is 60.5 Å². The first-order valence-electron chi connectivity index (χ1n) is 7.49. The first-order chi connectivity index (χ1) is 8.74. The summed E-state index contributed by atoms with van der Waals surface area (Å²) in [6.07, 6.45) is 4.99. The molecule has 0 saturated carbocycles. The van der Waals surface area contributed by atoms with Crippen LogP contribution in [0.5, 0.6) is 0 Å². The molecule has 18 heavy (non-hydrogen) atoms. The maximum atomic E-state index is 12.5. The number of carbonyl (C=O) groups is 1. The van der Waals surface area contributed by atoms with E-state index >= 15 is 0 Å². The van der Waals surface area contributed by atoms with E-state index in [0.29, 0.717) is 11.9 Å². The molecular formula is C14H27N3O. The summed E-state index contributed by atoms with van der Waals surface area (Å²) in [6, 6.07) is 0.675. The van der Waals surface area contributed by atoms with Gasteiger partial charge in [0.2, 0.25) is 5.91 Å². The van der Waals surface area contributed by atoms with E-state index in [1.807, 2.05) is 4.90 Å². The SMILES string of the molecule is CCC1CCCCN1C(C)C(=O)N1CCNCC1. The topological polar surface area (TPSA) is 35.6 Å². The van der Waals surface area contributed by atoms with Gasteiger partial charge in [-0.1, -0.05) is 13.3 Å². The summed E-state index contributed by atoms with van der Waals surface area (Å²) in [6.45, 7) is 9.05. The van der Waals surface area contributed by atoms with Gasteiger partial charge in [-0.15, -0.1) is 0 Å². The second kappa shape index (κ2) is 6.53. The van der Waals surface area contributed by atoms with Gasteiger partial charge in [0.1, 0.15) is 0 Å². The number of nitrogens with zero attached hydrogens (tertiary/aromatic N) is 2. The van der Waals surface area contributed by atoms with Crippen LogP contribution in [0.1, 0.15) is 39.5 Å². The number of hydrogen-bond donors (Lipinski definition) is 1. The lowest BCUT2D eigenvalue weighted by atomic mass is 9.97. The lowest BCUT2D eigenvalue weighted by Crippen LogP contribution is -2.56. The molecule has 2 aliphatic heterocycles. The van der Waals surface area contributed by atoms with Gasteiger partial charge in [-0.05, 0) is 32.7 Å². The van der Waals surface area contributed by atoms with Gasteiger partial charge < -0.3 is 10.2 Å². The fourth-order valence-corrected chi connectivity index (χ4v) is 3.26. The van der Waals surface area contributed by atoms with Crippen molar-refractivity contribution in [2.24, 2.45) is 0 Å². The number of piperidine rings is 1. The van der Waals surface area contributed by atoms with Gasteiger partial charge >= 0.3 is 0 Å². The summed E-state index contributed by atoms with van der Waals surface area (Å²) in [5, 5.41) is 3.30. The van der Waals surface area contributed by atoms with E-state index in [0.717, 1.165) is 32.7 Å². The molecule has 0 spiro atoms. The molecule has 2 saturated heterocycles. The van der Waals surface area contributed by atoms with Crippen LogP contribution >= 0.6 is 0 Å². The van der Waals surface area contributed by atoms with Crippen molar-refractivity contribution >= 4 is 5.91 Å². The minimum Gasteiger partial charge on any atom is -0.339 e. The molecule has 0 aromatic rings. The maximum Gasteiger partial charge on any atom is 0.239 e. The molecule has 0 radical (unpaired) electrons. The molecule has 0 bridgehead atoms. The smallest absolute Gasteiger partial charge is 0.239 e. The van der Waals surface area contributed by atoms with Crippen LogP contribution in [0.2, 0.25) is 0 Å². The third kappa shape index (κ3) is 3.04. The van der Waals surface area contributed by atoms with Crippen LogP contribution in [0.4, 0.5) is 0 Å². The molecular weight excluding hydrogens is 226 g/mol. The fraction of sp³-hybridized carbons (Fsp3) is 0.929. The highest BCUT2D eigenvalue weighted by Gasteiger charge is 2.31. The van der Waals surface area contributed by atoms with Gasteiger partial charge in [0.05, 0.1) is 6.04 Å². The number of nitrogens with one attached hydrogen (secondary N) is 1. The molecule has 0 aliphatic carbocycles. The summed E-state index contributed by atoms with van der Waals surface area (Å²) in [7, 11) is 0. The summed E-state index contributed by atoms with van der Waals surface area (Å²) >= 11 is 0. The third-order valence-electron chi connectivity index (χ3n) is 4.43. The van der Waals surface area contributed by atoms with E-state index in [-0.39, 0.29) is 6.04 Å². The van der Waals surface area contributed by atoms with Gasteiger partial charge in [-0.3, -0.25) is 9.69 Å². The first kappa shape index (κ1) is 13.8. The number of likely N-dealkylation sites (tertiary alicyclic amines) is 1. The third-order valence-corrected chi connectivity index (χ3v) is 4.43. The molecule has 0 aromatic heterocycles. The Labute approximate surface area is 111 Å². The summed E-state index contributed by atoms with van der Waals surface area (Å²) in [5.41, 5.74) is 0. The minimum atomic E-state index is 0.0633. The van der Waals surface area contributed by atoms with Crippen LogP contribution in [0, 0.1) is 0 Å². The van der Waals surface area contributed by atoms with E-state index in [1.165, 1.54) is 25.7 Å². The normalized spacial score (nSPS) is 28.1. The van der Waals surface area contributed by atoms with Crippen molar-refractivity contribution in [1.82, 2.24) is 15.1 Å². The predicted octanol–water partition coefficient (Wildman–Crippen LogP) is 1.07. The van der Waals surface area contributed by atoms with E-state index in [2.05, 4.69) is 24.1 Å². The standard InChI is InChI=1S/C14H27N3O/c1-3-13-6-4-5-9-17(13)12(2)14(18)16-10-7-15-8-11-16/h12-13,15H,3-11H2,1-2H3. The van der Waals surface area contributed by atoms with Crippen molar-refractivity contribution < 1.29 is 4.79 Å². The molecule has 4 nitrogen and oxygen atoms in total. The van der Waals surface area contributed by atoms with Gasteiger partial charge in [0.25, 0.3) is 0 Å². The maximum absolute atomic E-state index is 12.5. The van der Waals surface area contributed by atoms with E-state index < -0.39 is 0 Å².